The Balaban J connectivity index is 3.39. The van der Waals surface area contributed by atoms with Crippen molar-refractivity contribution in [2.24, 2.45) is 16.8 Å². The number of carbonyl (C=O) groups is 2. The summed E-state index contributed by atoms with van der Waals surface area (Å²) < 4.78 is 0. The lowest BCUT2D eigenvalue weighted by Crippen LogP contribution is -2.41. The predicted molar refractivity (Wildman–Crippen MR) is 87.8 cm³/mol. The van der Waals surface area contributed by atoms with Crippen molar-refractivity contribution in [3.63, 3.8) is 0 Å². The minimum Gasteiger partial charge on any atom is -0.478 e. The van der Waals surface area contributed by atoms with Crippen molar-refractivity contribution in [1.29, 1.82) is 0 Å². The maximum atomic E-state index is 12.3. The second-order valence-electron chi connectivity index (χ2n) is 6.67. The average Bonchev–Trinajstić information content (AvgIpc) is 2.70. The number of carbonyl (C=O) groups excluding carboxylic acids is 1. The number of nitrogens with one attached hydrogen (secondary N) is 1. The van der Waals surface area contributed by atoms with Gasteiger partial charge < -0.3 is 10.4 Å². The zero-order valence-electron chi connectivity index (χ0n) is 14.5. The molecule has 0 aromatic carbocycles. The molecule has 0 saturated carbocycles. The lowest BCUT2D eigenvalue weighted by molar-refractivity contribution is -0.133. The van der Waals surface area contributed by atoms with Crippen LogP contribution in [0.3, 0.4) is 0 Å². The molecule has 1 rings (SSSR count). The van der Waals surface area contributed by atoms with Gasteiger partial charge in [-0.15, -0.1) is 0 Å². The van der Waals surface area contributed by atoms with Crippen LogP contribution in [0.1, 0.15) is 60.8 Å². The SMILES string of the molecule is CCCC/C(C1=NC(C)(C(C)C)C(=O)N1)=C(/C(=O)O)C(C)C. The van der Waals surface area contributed by atoms with Gasteiger partial charge in [-0.1, -0.05) is 41.0 Å². The smallest absolute Gasteiger partial charge is 0.332 e. The summed E-state index contributed by atoms with van der Waals surface area (Å²) in [5.74, 6) is -0.725. The first-order valence-electron chi connectivity index (χ1n) is 8.03. The van der Waals surface area contributed by atoms with Gasteiger partial charge in [-0.3, -0.25) is 9.79 Å². The van der Waals surface area contributed by atoms with Gasteiger partial charge in [0, 0.05) is 11.1 Å². The second-order valence-corrected chi connectivity index (χ2v) is 6.67. The highest BCUT2D eigenvalue weighted by Crippen LogP contribution is 2.30. The van der Waals surface area contributed by atoms with Crippen molar-refractivity contribution in [2.75, 3.05) is 0 Å². The molecule has 0 saturated heterocycles. The van der Waals surface area contributed by atoms with Gasteiger partial charge in [0.05, 0.1) is 0 Å². The average molecular weight is 308 g/mol. The number of hydrogen-bond acceptors (Lipinski definition) is 3. The van der Waals surface area contributed by atoms with E-state index in [9.17, 15) is 14.7 Å². The Hall–Kier alpha value is -1.65. The number of carboxylic acids is 1. The molecule has 1 atom stereocenters. The largest absolute Gasteiger partial charge is 0.478 e. The fourth-order valence-electron chi connectivity index (χ4n) is 2.54. The Kier molecular flexibility index (Phi) is 5.92. The molecular weight excluding hydrogens is 280 g/mol. The summed E-state index contributed by atoms with van der Waals surface area (Å²) in [5.41, 5.74) is 0.190. The van der Waals surface area contributed by atoms with Gasteiger partial charge in [-0.2, -0.15) is 0 Å². The number of nitrogens with zero attached hydrogens (tertiary/aromatic N) is 1. The van der Waals surface area contributed by atoms with E-state index in [2.05, 4.69) is 17.2 Å². The standard InChI is InChI=1S/C17H28N2O3/c1-7-8-9-12(13(10(2)3)15(20)21)14-18-16(22)17(6,19-14)11(4)5/h10-11H,7-9H2,1-6H3,(H,20,21)(H,18,19,22)/b13-12-. The fourth-order valence-corrected chi connectivity index (χ4v) is 2.54. The molecule has 22 heavy (non-hydrogen) atoms. The molecule has 5 heteroatoms. The molecule has 0 aliphatic carbocycles. The Labute approximate surface area is 132 Å². The molecule has 0 aromatic rings. The Morgan fingerprint density at radius 1 is 1.32 bits per heavy atom. The van der Waals surface area contributed by atoms with E-state index in [1.807, 2.05) is 27.7 Å². The molecule has 0 bridgehead atoms. The Bertz CT molecular complexity index is 518. The summed E-state index contributed by atoms with van der Waals surface area (Å²) in [7, 11) is 0. The summed E-state index contributed by atoms with van der Waals surface area (Å²) >= 11 is 0. The van der Waals surface area contributed by atoms with E-state index in [4.69, 9.17) is 0 Å². The number of aliphatic carboxylic acids is 1. The molecule has 0 fully saturated rings. The van der Waals surface area contributed by atoms with E-state index in [0.717, 1.165) is 12.8 Å². The quantitative estimate of drug-likeness (QED) is 0.709. The second kappa shape index (κ2) is 7.07. The van der Waals surface area contributed by atoms with Crippen LogP contribution >= 0.6 is 0 Å². The Morgan fingerprint density at radius 3 is 2.27 bits per heavy atom. The number of rotatable bonds is 7. The summed E-state index contributed by atoms with van der Waals surface area (Å²) in [6.45, 7) is 11.5. The molecular formula is C17H28N2O3. The first-order valence-corrected chi connectivity index (χ1v) is 8.03. The van der Waals surface area contributed by atoms with Crippen LogP contribution in [0.15, 0.2) is 16.1 Å². The molecule has 1 aliphatic rings. The molecule has 1 aliphatic heterocycles. The van der Waals surface area contributed by atoms with E-state index in [0.29, 0.717) is 23.4 Å². The van der Waals surface area contributed by atoms with E-state index in [1.54, 1.807) is 6.92 Å². The fraction of sp³-hybridized carbons (Fsp3) is 0.706. The molecule has 1 unspecified atom stereocenters. The van der Waals surface area contributed by atoms with Crippen molar-refractivity contribution in [2.45, 2.75) is 66.3 Å². The molecule has 0 aromatic heterocycles. The van der Waals surface area contributed by atoms with Gasteiger partial charge in [0.15, 0.2) is 0 Å². The predicted octanol–water partition coefficient (Wildman–Crippen LogP) is 3.16. The number of hydrogen-bond donors (Lipinski definition) is 2. The summed E-state index contributed by atoms with van der Waals surface area (Å²) in [6.07, 6.45) is 2.44. The lowest BCUT2D eigenvalue weighted by Gasteiger charge is -2.21. The maximum absolute atomic E-state index is 12.3. The third kappa shape index (κ3) is 3.57. The third-order valence-corrected chi connectivity index (χ3v) is 4.36. The molecule has 124 valence electrons. The Morgan fingerprint density at radius 2 is 1.91 bits per heavy atom. The van der Waals surface area contributed by atoms with Gasteiger partial charge in [0.2, 0.25) is 0 Å². The number of carboxylic acid groups (broad SMARTS) is 1. The van der Waals surface area contributed by atoms with Gasteiger partial charge in [-0.05, 0) is 31.6 Å². The van der Waals surface area contributed by atoms with E-state index in [1.165, 1.54) is 0 Å². The first-order chi connectivity index (χ1) is 10.1. The van der Waals surface area contributed by atoms with Crippen LogP contribution in [0, 0.1) is 11.8 Å². The van der Waals surface area contributed by atoms with Crippen molar-refractivity contribution < 1.29 is 14.7 Å². The highest BCUT2D eigenvalue weighted by atomic mass is 16.4. The normalized spacial score (nSPS) is 22.7. The minimum atomic E-state index is -0.934. The number of amidine groups is 1. The van der Waals surface area contributed by atoms with E-state index in [-0.39, 0.29) is 17.7 Å². The minimum absolute atomic E-state index is 0.0461. The third-order valence-electron chi connectivity index (χ3n) is 4.36. The monoisotopic (exact) mass is 308 g/mol. The molecule has 0 spiro atoms. The van der Waals surface area contributed by atoms with Crippen LogP contribution in [0.4, 0.5) is 0 Å². The number of amides is 1. The van der Waals surface area contributed by atoms with E-state index < -0.39 is 11.5 Å². The van der Waals surface area contributed by atoms with Gasteiger partial charge in [-0.25, -0.2) is 4.79 Å². The van der Waals surface area contributed by atoms with Gasteiger partial charge >= 0.3 is 5.97 Å². The van der Waals surface area contributed by atoms with Crippen molar-refractivity contribution in [3.8, 4) is 0 Å². The highest BCUT2D eigenvalue weighted by molar-refractivity contribution is 6.17. The van der Waals surface area contributed by atoms with Crippen LogP contribution in [-0.2, 0) is 9.59 Å². The van der Waals surface area contributed by atoms with Crippen molar-refractivity contribution >= 4 is 17.7 Å². The summed E-state index contributed by atoms with van der Waals surface area (Å²) in [4.78, 5) is 28.5. The van der Waals surface area contributed by atoms with Crippen LogP contribution in [0.25, 0.3) is 0 Å². The number of unbranched alkanes of at least 4 members (excludes halogenated alkanes) is 1. The summed E-state index contributed by atoms with van der Waals surface area (Å²) in [6, 6.07) is 0. The van der Waals surface area contributed by atoms with Crippen LogP contribution in [0.2, 0.25) is 0 Å². The molecule has 5 nitrogen and oxygen atoms in total. The molecule has 2 N–H and O–H groups in total. The zero-order chi connectivity index (χ0) is 17.1. The van der Waals surface area contributed by atoms with Gasteiger partial charge in [0.1, 0.15) is 11.4 Å². The van der Waals surface area contributed by atoms with Crippen molar-refractivity contribution in [3.05, 3.63) is 11.1 Å². The zero-order valence-corrected chi connectivity index (χ0v) is 14.5. The van der Waals surface area contributed by atoms with Crippen LogP contribution < -0.4 is 5.32 Å². The topological polar surface area (TPSA) is 78.8 Å². The highest BCUT2D eigenvalue weighted by Gasteiger charge is 2.43. The van der Waals surface area contributed by atoms with Crippen molar-refractivity contribution in [1.82, 2.24) is 5.32 Å². The summed E-state index contributed by atoms with van der Waals surface area (Å²) in [5, 5.41) is 12.4. The maximum Gasteiger partial charge on any atom is 0.332 e. The van der Waals surface area contributed by atoms with Gasteiger partial charge in [0.25, 0.3) is 5.91 Å². The molecule has 1 heterocycles. The van der Waals surface area contributed by atoms with E-state index >= 15 is 0 Å². The lowest BCUT2D eigenvalue weighted by atomic mass is 9.89. The molecule has 1 amide bonds. The van der Waals surface area contributed by atoms with Crippen LogP contribution in [0.5, 0.6) is 0 Å². The number of aliphatic imine (C=N–C) groups is 1. The first kappa shape index (κ1) is 18.4. The molecule has 0 radical (unpaired) electrons. The van der Waals surface area contributed by atoms with Crippen LogP contribution in [-0.4, -0.2) is 28.4 Å².